The van der Waals surface area contributed by atoms with E-state index in [1.807, 2.05) is 27.7 Å². The minimum absolute atomic E-state index is 0.0651. The van der Waals surface area contributed by atoms with Crippen molar-refractivity contribution in [3.05, 3.63) is 44.2 Å². The van der Waals surface area contributed by atoms with Crippen molar-refractivity contribution in [2.24, 2.45) is 5.92 Å². The number of ether oxygens (including phenoxy) is 5. The number of hydrogen-bond acceptors (Lipinski definition) is 12. The number of amides is 2. The number of hydroxylamine groups is 2. The molecule has 9 atom stereocenters. The van der Waals surface area contributed by atoms with E-state index in [9.17, 15) is 24.3 Å². The maximum Gasteiger partial charge on any atom is 0.330 e. The Morgan fingerprint density at radius 3 is 2.36 bits per heavy atom. The summed E-state index contributed by atoms with van der Waals surface area (Å²) < 4.78 is 31.4. The number of carbonyl (C=O) groups excluding carboxylic acids is 2. The Balaban J connectivity index is 1.55. The van der Waals surface area contributed by atoms with Crippen molar-refractivity contribution in [2.45, 2.75) is 103 Å². The van der Waals surface area contributed by atoms with Crippen molar-refractivity contribution in [2.75, 3.05) is 27.4 Å². The third kappa shape index (κ3) is 7.21. The number of aromatic nitrogens is 2. The number of methoxy groups -OCH3 is 1. The molecule has 4 heterocycles. The van der Waals surface area contributed by atoms with Crippen LogP contribution in [0.3, 0.4) is 0 Å². The number of likely N-dealkylation sites (N-methyl/N-ethyl adjacent to an activating group) is 1. The van der Waals surface area contributed by atoms with Gasteiger partial charge in [-0.1, -0.05) is 6.08 Å². The molecular formula is C29H44N4O11. The van der Waals surface area contributed by atoms with Crippen LogP contribution in [0.4, 0.5) is 0 Å². The lowest BCUT2D eigenvalue weighted by Crippen LogP contribution is -2.51. The predicted octanol–water partition coefficient (Wildman–Crippen LogP) is -0.445. The van der Waals surface area contributed by atoms with E-state index in [2.05, 4.69) is 10.3 Å². The fraction of sp³-hybridized carbons (Fsp3) is 0.724. The summed E-state index contributed by atoms with van der Waals surface area (Å²) in [7, 11) is 3.11. The largest absolute Gasteiger partial charge is 0.389 e. The van der Waals surface area contributed by atoms with Gasteiger partial charge in [0.15, 0.2) is 6.23 Å². The van der Waals surface area contributed by atoms with Gasteiger partial charge < -0.3 is 28.8 Å². The van der Waals surface area contributed by atoms with Crippen LogP contribution in [0.25, 0.3) is 0 Å². The zero-order valence-electron chi connectivity index (χ0n) is 26.3. The predicted molar refractivity (Wildman–Crippen MR) is 154 cm³/mol. The molecule has 1 aromatic rings. The molecular weight excluding hydrogens is 580 g/mol. The summed E-state index contributed by atoms with van der Waals surface area (Å²) >= 11 is 0. The molecule has 1 aromatic heterocycles. The van der Waals surface area contributed by atoms with Crippen molar-refractivity contribution < 1.29 is 43.2 Å². The molecule has 15 heteroatoms. The maximum atomic E-state index is 12.7. The highest BCUT2D eigenvalue weighted by Crippen LogP contribution is 2.35. The van der Waals surface area contributed by atoms with Crippen molar-refractivity contribution in [1.82, 2.24) is 19.9 Å². The highest BCUT2D eigenvalue weighted by Gasteiger charge is 2.52. The Hall–Kier alpha value is -2.76. The Kier molecular flexibility index (Phi) is 11.0. The van der Waals surface area contributed by atoms with Gasteiger partial charge in [0, 0.05) is 31.5 Å². The summed E-state index contributed by atoms with van der Waals surface area (Å²) in [5.41, 5.74) is -0.478. The van der Waals surface area contributed by atoms with E-state index in [0.717, 1.165) is 0 Å². The van der Waals surface area contributed by atoms with Crippen LogP contribution in [-0.4, -0.2) is 114 Å². The van der Waals surface area contributed by atoms with E-state index < -0.39 is 77.9 Å². The van der Waals surface area contributed by atoms with Crippen LogP contribution in [0.5, 0.6) is 0 Å². The van der Waals surface area contributed by atoms with Gasteiger partial charge in [-0.15, -0.1) is 0 Å². The zero-order chi connectivity index (χ0) is 32.5. The molecule has 3 aliphatic rings. The van der Waals surface area contributed by atoms with Gasteiger partial charge >= 0.3 is 5.69 Å². The standard InChI is InChI=1S/C29H44N4O11/c1-13(2)40-11-18-20(21(34)22(43-18)17-9-15(5)25(35)30-27(17)37)32(7)41-12-19-23(42-14(3)4)24(39-8)28(44-19)33-10-16(6)26(36)31-29(33)38/h9-10,13-14,17-24,28,34H,11-12H2,1-8H3,(H,30,35,37)(H,31,36,38). The molecule has 246 valence electrons. The average Bonchev–Trinajstić information content (AvgIpc) is 3.46. The van der Waals surface area contributed by atoms with Crippen LogP contribution in [0.2, 0.25) is 0 Å². The average molecular weight is 625 g/mol. The Bertz CT molecular complexity index is 1340. The number of nitrogens with zero attached hydrogens (tertiary/aromatic N) is 2. The minimum Gasteiger partial charge on any atom is -0.389 e. The second kappa shape index (κ2) is 14.1. The number of aliphatic hydroxyl groups excluding tert-OH is 1. The smallest absolute Gasteiger partial charge is 0.330 e. The van der Waals surface area contributed by atoms with E-state index >= 15 is 0 Å². The lowest BCUT2D eigenvalue weighted by molar-refractivity contribution is -0.221. The summed E-state index contributed by atoms with van der Waals surface area (Å²) in [5.74, 6) is -1.95. The normalized spacial score (nSPS) is 32.6. The number of nitrogens with one attached hydrogen (secondary N) is 2. The van der Waals surface area contributed by atoms with Gasteiger partial charge in [-0.2, -0.15) is 5.06 Å². The summed E-state index contributed by atoms with van der Waals surface area (Å²) in [5, 5.41) is 15.2. The first-order valence-electron chi connectivity index (χ1n) is 14.7. The van der Waals surface area contributed by atoms with Crippen LogP contribution < -0.4 is 16.6 Å². The Morgan fingerprint density at radius 1 is 1.02 bits per heavy atom. The number of H-pyrrole nitrogens is 1. The van der Waals surface area contributed by atoms with Crippen LogP contribution in [0.1, 0.15) is 46.4 Å². The number of imide groups is 1. The number of aromatic amines is 1. The lowest BCUT2D eigenvalue weighted by atomic mass is 9.90. The van der Waals surface area contributed by atoms with Crippen molar-refractivity contribution >= 4 is 11.8 Å². The van der Waals surface area contributed by atoms with Gasteiger partial charge in [0.05, 0.1) is 37.4 Å². The lowest BCUT2D eigenvalue weighted by Gasteiger charge is -2.32. The quantitative estimate of drug-likeness (QED) is 0.202. The highest BCUT2D eigenvalue weighted by molar-refractivity contribution is 6.08. The van der Waals surface area contributed by atoms with E-state index in [1.165, 1.54) is 29.0 Å². The van der Waals surface area contributed by atoms with Gasteiger partial charge in [-0.3, -0.25) is 34.1 Å². The second-order valence-corrected chi connectivity index (χ2v) is 11.9. The number of hydrogen-bond donors (Lipinski definition) is 3. The van der Waals surface area contributed by atoms with Gasteiger partial charge in [0.25, 0.3) is 11.5 Å². The van der Waals surface area contributed by atoms with E-state index in [0.29, 0.717) is 11.1 Å². The molecule has 2 fully saturated rings. The third-order valence-electron chi connectivity index (χ3n) is 7.94. The van der Waals surface area contributed by atoms with Crippen LogP contribution in [0, 0.1) is 12.8 Å². The summed E-state index contributed by atoms with van der Waals surface area (Å²) in [6.07, 6.45) is -3.30. The van der Waals surface area contributed by atoms with Crippen LogP contribution in [-0.2, 0) is 38.1 Å². The van der Waals surface area contributed by atoms with Crippen molar-refractivity contribution in [3.8, 4) is 0 Å². The molecule has 3 aliphatic heterocycles. The van der Waals surface area contributed by atoms with Gasteiger partial charge in [-0.25, -0.2) is 4.79 Å². The third-order valence-corrected chi connectivity index (χ3v) is 7.94. The first-order chi connectivity index (χ1) is 20.7. The molecule has 3 N–H and O–H groups in total. The molecule has 44 heavy (non-hydrogen) atoms. The Morgan fingerprint density at radius 2 is 1.73 bits per heavy atom. The molecule has 15 nitrogen and oxygen atoms in total. The monoisotopic (exact) mass is 624 g/mol. The van der Waals surface area contributed by atoms with E-state index in [-0.39, 0.29) is 25.4 Å². The molecule has 2 amide bonds. The first kappa shape index (κ1) is 34.1. The van der Waals surface area contributed by atoms with E-state index in [4.69, 9.17) is 28.5 Å². The molecule has 0 radical (unpaired) electrons. The summed E-state index contributed by atoms with van der Waals surface area (Å²) in [4.78, 5) is 57.8. The zero-order valence-corrected chi connectivity index (χ0v) is 26.3. The van der Waals surface area contributed by atoms with Crippen molar-refractivity contribution in [3.63, 3.8) is 0 Å². The second-order valence-electron chi connectivity index (χ2n) is 11.9. The number of aryl methyl sites for hydroxylation is 1. The molecule has 9 unspecified atom stereocenters. The SMILES string of the molecule is COC1C(OC(C)C)C(CON(C)C2C(COC(C)C)OC(C3C=C(C)C(=O)NC3=O)C2O)OC1n1cc(C)c(=O)[nH]c1=O. The number of carbonyl (C=O) groups is 2. The summed E-state index contributed by atoms with van der Waals surface area (Å²) in [6, 6.07) is -0.762. The molecule has 0 bridgehead atoms. The molecule has 4 rings (SSSR count). The number of aliphatic hydroxyl groups is 1. The highest BCUT2D eigenvalue weighted by atomic mass is 16.7. The Labute approximate surface area is 255 Å². The van der Waals surface area contributed by atoms with Gasteiger partial charge in [-0.05, 0) is 41.5 Å². The summed E-state index contributed by atoms with van der Waals surface area (Å²) in [6.45, 7) is 10.7. The first-order valence-corrected chi connectivity index (χ1v) is 14.7. The van der Waals surface area contributed by atoms with Crippen LogP contribution in [0.15, 0.2) is 27.4 Å². The molecule has 0 aromatic carbocycles. The maximum absolute atomic E-state index is 12.7. The minimum atomic E-state index is -1.19. The van der Waals surface area contributed by atoms with E-state index in [1.54, 1.807) is 20.9 Å². The molecule has 0 aliphatic carbocycles. The fourth-order valence-electron chi connectivity index (χ4n) is 5.76. The molecule has 2 saturated heterocycles. The molecule has 0 saturated carbocycles. The molecule has 0 spiro atoms. The van der Waals surface area contributed by atoms with Crippen LogP contribution >= 0.6 is 0 Å². The number of rotatable bonds is 12. The topological polar surface area (TPSA) is 180 Å². The fourth-order valence-corrected chi connectivity index (χ4v) is 5.76. The van der Waals surface area contributed by atoms with Gasteiger partial charge in [0.1, 0.15) is 36.6 Å². The van der Waals surface area contributed by atoms with Crippen molar-refractivity contribution in [1.29, 1.82) is 0 Å². The van der Waals surface area contributed by atoms with Gasteiger partial charge in [0.2, 0.25) is 5.91 Å².